The fraction of sp³-hybridized carbons (Fsp3) is 0.316. The molecular weight excluding hydrogens is 394 g/mol. The van der Waals surface area contributed by atoms with Crippen molar-refractivity contribution in [2.24, 2.45) is 0 Å². The molecule has 0 saturated heterocycles. The van der Waals surface area contributed by atoms with Crippen LogP contribution in [0.4, 0.5) is 0 Å². The second-order valence-corrected chi connectivity index (χ2v) is 7.99. The highest BCUT2D eigenvalue weighted by atomic mass is 35.5. The van der Waals surface area contributed by atoms with Gasteiger partial charge in [0.2, 0.25) is 5.16 Å². The summed E-state index contributed by atoms with van der Waals surface area (Å²) in [5, 5.41) is 28.5. The molecule has 3 rings (SSSR count). The molecule has 28 heavy (non-hydrogen) atoms. The van der Waals surface area contributed by atoms with Gasteiger partial charge < -0.3 is 0 Å². The van der Waals surface area contributed by atoms with E-state index in [1.807, 2.05) is 56.8 Å². The summed E-state index contributed by atoms with van der Waals surface area (Å²) in [5.41, 5.74) is 2.95. The van der Waals surface area contributed by atoms with Crippen LogP contribution in [0.2, 0.25) is 5.02 Å². The second kappa shape index (κ2) is 8.27. The molecule has 0 aliphatic rings. The van der Waals surface area contributed by atoms with Gasteiger partial charge >= 0.3 is 0 Å². The molecule has 0 spiro atoms. The maximum atomic E-state index is 9.59. The lowest BCUT2D eigenvalue weighted by molar-refractivity contribution is 0.305. The molecular formula is C19H20ClN7S. The van der Waals surface area contributed by atoms with Gasteiger partial charge in [0.1, 0.15) is 11.1 Å². The summed E-state index contributed by atoms with van der Waals surface area (Å²) in [6.07, 6.45) is 0. The summed E-state index contributed by atoms with van der Waals surface area (Å²) in [4.78, 5) is 2.06. The third-order valence-electron chi connectivity index (χ3n) is 4.61. The van der Waals surface area contributed by atoms with Crippen molar-refractivity contribution in [2.45, 2.75) is 37.0 Å². The molecule has 0 bridgehead atoms. The number of benzene rings is 1. The van der Waals surface area contributed by atoms with Crippen LogP contribution in [0.15, 0.2) is 34.4 Å². The van der Waals surface area contributed by atoms with E-state index in [9.17, 15) is 5.26 Å². The van der Waals surface area contributed by atoms with Crippen LogP contribution in [0.1, 0.15) is 35.6 Å². The average molecular weight is 414 g/mol. The average Bonchev–Trinajstić information content (AvgIpc) is 3.08. The van der Waals surface area contributed by atoms with E-state index in [1.165, 1.54) is 11.8 Å². The van der Waals surface area contributed by atoms with E-state index < -0.39 is 0 Å². The highest BCUT2D eigenvalue weighted by Crippen LogP contribution is 2.33. The summed E-state index contributed by atoms with van der Waals surface area (Å²) in [5.74, 6) is 0.783. The summed E-state index contributed by atoms with van der Waals surface area (Å²) in [7, 11) is 3.97. The first kappa shape index (κ1) is 20.3. The third kappa shape index (κ3) is 3.87. The summed E-state index contributed by atoms with van der Waals surface area (Å²) in [6, 6.07) is 9.74. The topological polar surface area (TPSA) is 83.5 Å². The Morgan fingerprint density at radius 2 is 1.79 bits per heavy atom. The van der Waals surface area contributed by atoms with E-state index >= 15 is 0 Å². The van der Waals surface area contributed by atoms with Crippen molar-refractivity contribution in [3.05, 3.63) is 51.9 Å². The van der Waals surface area contributed by atoms with Crippen LogP contribution < -0.4 is 0 Å². The van der Waals surface area contributed by atoms with Crippen molar-refractivity contribution >= 4 is 23.4 Å². The number of aryl methyl sites for hydroxylation is 1. The van der Waals surface area contributed by atoms with Crippen LogP contribution in [0.5, 0.6) is 0 Å². The minimum Gasteiger partial charge on any atom is -0.300 e. The van der Waals surface area contributed by atoms with Crippen LogP contribution in [-0.4, -0.2) is 44.0 Å². The van der Waals surface area contributed by atoms with Gasteiger partial charge in [0.15, 0.2) is 5.82 Å². The van der Waals surface area contributed by atoms with Gasteiger partial charge in [-0.1, -0.05) is 11.6 Å². The van der Waals surface area contributed by atoms with E-state index in [2.05, 4.69) is 38.3 Å². The third-order valence-corrected chi connectivity index (χ3v) is 5.79. The molecule has 2 aromatic heterocycles. The molecule has 0 aliphatic carbocycles. The first-order valence-electron chi connectivity index (χ1n) is 8.63. The lowest BCUT2D eigenvalue weighted by atomic mass is 10.1. The molecule has 0 amide bonds. The van der Waals surface area contributed by atoms with Gasteiger partial charge in [-0.05, 0) is 76.5 Å². The lowest BCUT2D eigenvalue weighted by Crippen LogP contribution is -2.20. The van der Waals surface area contributed by atoms with Gasteiger partial charge in [0.25, 0.3) is 0 Å². The molecule has 0 fully saturated rings. The van der Waals surface area contributed by atoms with E-state index in [4.69, 9.17) is 11.6 Å². The zero-order valence-corrected chi connectivity index (χ0v) is 17.9. The number of hydrogen-bond acceptors (Lipinski definition) is 7. The lowest BCUT2D eigenvalue weighted by Gasteiger charge is -2.20. The Morgan fingerprint density at radius 3 is 2.39 bits per heavy atom. The van der Waals surface area contributed by atoms with Gasteiger partial charge in [-0.25, -0.2) is 0 Å². The molecule has 3 aromatic rings. The van der Waals surface area contributed by atoms with Crippen LogP contribution in [0, 0.1) is 25.2 Å². The predicted molar refractivity (Wildman–Crippen MR) is 109 cm³/mol. The van der Waals surface area contributed by atoms with Gasteiger partial charge in [-0.3, -0.25) is 9.47 Å². The standard InChI is InChI=1S/C19H20ClN7S/c1-11-12(2)22-24-18(16(11)10-21)28-19-25-23-17(13(3)26(4)5)27(19)15-8-6-14(20)7-9-15/h6-9,13H,1-5H3. The monoisotopic (exact) mass is 413 g/mol. The SMILES string of the molecule is Cc1nnc(Sc2nnc(C(C)N(C)C)n2-c2ccc(Cl)cc2)c(C#N)c1C. The van der Waals surface area contributed by atoms with Crippen LogP contribution >= 0.6 is 23.4 Å². The normalized spacial score (nSPS) is 12.2. The Morgan fingerprint density at radius 1 is 1.11 bits per heavy atom. The van der Waals surface area contributed by atoms with Crippen molar-refractivity contribution in [1.29, 1.82) is 5.26 Å². The Balaban J connectivity index is 2.14. The highest BCUT2D eigenvalue weighted by Gasteiger charge is 2.23. The number of nitriles is 1. The Bertz CT molecular complexity index is 1040. The molecule has 1 unspecified atom stereocenters. The van der Waals surface area contributed by atoms with Crippen molar-refractivity contribution in [2.75, 3.05) is 14.1 Å². The molecule has 0 aliphatic heterocycles. The maximum absolute atomic E-state index is 9.59. The number of nitrogens with zero attached hydrogens (tertiary/aromatic N) is 7. The molecule has 7 nitrogen and oxygen atoms in total. The van der Waals surface area contributed by atoms with Crippen LogP contribution in [0.3, 0.4) is 0 Å². The highest BCUT2D eigenvalue weighted by molar-refractivity contribution is 7.99. The molecule has 144 valence electrons. The molecule has 0 radical (unpaired) electrons. The smallest absolute Gasteiger partial charge is 0.202 e. The minimum absolute atomic E-state index is 0.0267. The van der Waals surface area contributed by atoms with Crippen LogP contribution in [-0.2, 0) is 0 Å². The van der Waals surface area contributed by atoms with Crippen molar-refractivity contribution in [1.82, 2.24) is 29.9 Å². The minimum atomic E-state index is 0.0267. The first-order chi connectivity index (χ1) is 13.3. The van der Waals surface area contributed by atoms with Crippen molar-refractivity contribution < 1.29 is 0 Å². The predicted octanol–water partition coefficient (Wildman–Crippen LogP) is 3.97. The molecule has 9 heteroatoms. The first-order valence-corrected chi connectivity index (χ1v) is 9.82. The second-order valence-electron chi connectivity index (χ2n) is 6.60. The van der Waals surface area contributed by atoms with E-state index in [0.29, 0.717) is 20.8 Å². The van der Waals surface area contributed by atoms with Crippen molar-refractivity contribution in [3.8, 4) is 11.8 Å². The summed E-state index contributed by atoms with van der Waals surface area (Å²) in [6.45, 7) is 5.77. The van der Waals surface area contributed by atoms with Crippen LogP contribution in [0.25, 0.3) is 5.69 Å². The van der Waals surface area contributed by atoms with Gasteiger partial charge in [0, 0.05) is 10.7 Å². The van der Waals surface area contributed by atoms with Crippen molar-refractivity contribution in [3.63, 3.8) is 0 Å². The molecule has 1 atom stereocenters. The Hall–Kier alpha value is -2.47. The molecule has 0 saturated carbocycles. The van der Waals surface area contributed by atoms with E-state index in [0.717, 1.165) is 22.8 Å². The summed E-state index contributed by atoms with van der Waals surface area (Å²) >= 11 is 7.34. The number of hydrogen-bond donors (Lipinski definition) is 0. The number of halogens is 1. The van der Waals surface area contributed by atoms with Gasteiger partial charge in [-0.15, -0.1) is 15.3 Å². The van der Waals surface area contributed by atoms with Gasteiger partial charge in [0.05, 0.1) is 17.3 Å². The van der Waals surface area contributed by atoms with Gasteiger partial charge in [-0.2, -0.15) is 10.4 Å². The quantitative estimate of drug-likeness (QED) is 0.625. The Kier molecular flexibility index (Phi) is 5.98. The fourth-order valence-corrected chi connectivity index (χ4v) is 3.61. The number of aromatic nitrogens is 5. The number of rotatable bonds is 5. The summed E-state index contributed by atoms with van der Waals surface area (Å²) < 4.78 is 1.96. The molecule has 0 N–H and O–H groups in total. The van der Waals surface area contributed by atoms with E-state index in [1.54, 1.807) is 0 Å². The zero-order valence-electron chi connectivity index (χ0n) is 16.3. The Labute approximate surface area is 173 Å². The fourth-order valence-electron chi connectivity index (χ4n) is 2.56. The van der Waals surface area contributed by atoms with E-state index in [-0.39, 0.29) is 6.04 Å². The molecule has 1 aromatic carbocycles. The largest absolute Gasteiger partial charge is 0.300 e. The molecule has 2 heterocycles. The maximum Gasteiger partial charge on any atom is 0.202 e. The zero-order chi connectivity index (χ0) is 20.4.